The van der Waals surface area contributed by atoms with Crippen molar-refractivity contribution in [3.8, 4) is 11.1 Å². The molecule has 0 aliphatic carbocycles. The van der Waals surface area contributed by atoms with Gasteiger partial charge in [-0.25, -0.2) is 4.39 Å². The van der Waals surface area contributed by atoms with Crippen LogP contribution in [0.2, 0.25) is 0 Å². The van der Waals surface area contributed by atoms with Crippen LogP contribution >= 0.6 is 27.3 Å². The van der Waals surface area contributed by atoms with Gasteiger partial charge in [-0.05, 0) is 39.5 Å². The van der Waals surface area contributed by atoms with Gasteiger partial charge in [0.15, 0.2) is 0 Å². The molecule has 1 heterocycles. The summed E-state index contributed by atoms with van der Waals surface area (Å²) in [4.78, 5) is 0. The minimum absolute atomic E-state index is 0.308. The summed E-state index contributed by atoms with van der Waals surface area (Å²) in [6.07, 6.45) is 0. The molecule has 1 aromatic carbocycles. The van der Waals surface area contributed by atoms with Crippen molar-refractivity contribution in [2.75, 3.05) is 5.73 Å². The molecule has 0 spiro atoms. The summed E-state index contributed by atoms with van der Waals surface area (Å²) in [7, 11) is 0. The number of hydrogen-bond acceptors (Lipinski definition) is 2. The van der Waals surface area contributed by atoms with Crippen LogP contribution in [-0.2, 0) is 0 Å². The van der Waals surface area contributed by atoms with E-state index in [4.69, 9.17) is 5.73 Å². The third-order valence-corrected chi connectivity index (χ3v) is 3.62. The third-order valence-electron chi connectivity index (χ3n) is 1.92. The van der Waals surface area contributed by atoms with E-state index in [1.807, 2.05) is 10.8 Å². The zero-order valence-electron chi connectivity index (χ0n) is 7.13. The fourth-order valence-electron chi connectivity index (χ4n) is 1.25. The molecule has 2 rings (SSSR count). The number of thiophene rings is 1. The predicted molar refractivity (Wildman–Crippen MR) is 61.8 cm³/mol. The molecule has 14 heavy (non-hydrogen) atoms. The molecule has 4 heteroatoms. The number of hydrogen-bond donors (Lipinski definition) is 1. The number of anilines is 1. The smallest absolute Gasteiger partial charge is 0.125 e. The summed E-state index contributed by atoms with van der Waals surface area (Å²) >= 11 is 4.99. The zero-order valence-corrected chi connectivity index (χ0v) is 9.53. The van der Waals surface area contributed by atoms with Gasteiger partial charge in [0.25, 0.3) is 0 Å². The summed E-state index contributed by atoms with van der Waals surface area (Å²) in [6, 6.07) is 4.44. The average molecular weight is 272 g/mol. The quantitative estimate of drug-likeness (QED) is 0.783. The lowest BCUT2D eigenvalue weighted by Gasteiger charge is -2.03. The van der Waals surface area contributed by atoms with E-state index in [9.17, 15) is 4.39 Å². The lowest BCUT2D eigenvalue weighted by molar-refractivity contribution is 0.628. The van der Waals surface area contributed by atoms with Crippen LogP contribution in [0, 0.1) is 5.82 Å². The Morgan fingerprint density at radius 3 is 2.57 bits per heavy atom. The van der Waals surface area contributed by atoms with Crippen molar-refractivity contribution in [3.63, 3.8) is 0 Å². The first-order valence-corrected chi connectivity index (χ1v) is 5.69. The maximum atomic E-state index is 12.8. The molecule has 72 valence electrons. The van der Waals surface area contributed by atoms with Gasteiger partial charge in [-0.3, -0.25) is 0 Å². The van der Waals surface area contributed by atoms with Crippen LogP contribution in [0.25, 0.3) is 11.1 Å². The number of nitrogens with two attached hydrogens (primary N) is 1. The van der Waals surface area contributed by atoms with Crippen molar-refractivity contribution in [1.29, 1.82) is 0 Å². The van der Waals surface area contributed by atoms with Crippen LogP contribution in [0.5, 0.6) is 0 Å². The SMILES string of the molecule is Nc1cc(F)ccc1-c1cscc1Br. The molecular weight excluding hydrogens is 265 g/mol. The molecule has 0 fully saturated rings. The Hall–Kier alpha value is -0.870. The molecule has 2 N–H and O–H groups in total. The number of benzene rings is 1. The third kappa shape index (κ3) is 1.67. The van der Waals surface area contributed by atoms with Crippen molar-refractivity contribution >= 4 is 33.0 Å². The first kappa shape index (κ1) is 9.68. The van der Waals surface area contributed by atoms with E-state index in [0.717, 1.165) is 15.6 Å². The minimum Gasteiger partial charge on any atom is -0.398 e. The molecule has 0 aliphatic heterocycles. The van der Waals surface area contributed by atoms with Gasteiger partial charge in [0.05, 0.1) is 0 Å². The van der Waals surface area contributed by atoms with Crippen molar-refractivity contribution in [3.05, 3.63) is 39.2 Å². The monoisotopic (exact) mass is 271 g/mol. The van der Waals surface area contributed by atoms with Gasteiger partial charge in [-0.2, -0.15) is 11.3 Å². The highest BCUT2D eigenvalue weighted by Crippen LogP contribution is 2.35. The maximum Gasteiger partial charge on any atom is 0.125 e. The topological polar surface area (TPSA) is 26.0 Å². The molecule has 1 aromatic heterocycles. The average Bonchev–Trinajstić information content (AvgIpc) is 2.52. The van der Waals surface area contributed by atoms with Crippen LogP contribution in [0.1, 0.15) is 0 Å². The molecule has 2 aromatic rings. The van der Waals surface area contributed by atoms with Gasteiger partial charge in [0, 0.05) is 26.7 Å². The van der Waals surface area contributed by atoms with Gasteiger partial charge in [0.1, 0.15) is 5.82 Å². The van der Waals surface area contributed by atoms with Gasteiger partial charge in [-0.15, -0.1) is 0 Å². The Kier molecular flexibility index (Phi) is 2.56. The Labute approximate surface area is 93.5 Å². The lowest BCUT2D eigenvalue weighted by Crippen LogP contribution is -1.90. The highest BCUT2D eigenvalue weighted by molar-refractivity contribution is 9.10. The Morgan fingerprint density at radius 2 is 2.00 bits per heavy atom. The fourth-order valence-corrected chi connectivity index (χ4v) is 2.76. The van der Waals surface area contributed by atoms with Gasteiger partial charge in [-0.1, -0.05) is 0 Å². The molecule has 0 aliphatic rings. The first-order chi connectivity index (χ1) is 6.68. The van der Waals surface area contributed by atoms with Crippen LogP contribution in [-0.4, -0.2) is 0 Å². The molecule has 0 bridgehead atoms. The van der Waals surface area contributed by atoms with Crippen molar-refractivity contribution in [1.82, 2.24) is 0 Å². The van der Waals surface area contributed by atoms with Crippen LogP contribution in [0.15, 0.2) is 33.4 Å². The first-order valence-electron chi connectivity index (χ1n) is 3.95. The summed E-state index contributed by atoms with van der Waals surface area (Å²) in [5.41, 5.74) is 8.06. The normalized spacial score (nSPS) is 10.4. The van der Waals surface area contributed by atoms with Crippen molar-refractivity contribution in [2.45, 2.75) is 0 Å². The van der Waals surface area contributed by atoms with E-state index >= 15 is 0 Å². The van der Waals surface area contributed by atoms with E-state index in [0.29, 0.717) is 5.69 Å². The molecule has 0 radical (unpaired) electrons. The largest absolute Gasteiger partial charge is 0.398 e. The number of rotatable bonds is 1. The maximum absolute atomic E-state index is 12.8. The lowest BCUT2D eigenvalue weighted by atomic mass is 10.1. The molecule has 1 nitrogen and oxygen atoms in total. The van der Waals surface area contributed by atoms with E-state index in [1.54, 1.807) is 17.4 Å². The second kappa shape index (κ2) is 3.71. The van der Waals surface area contributed by atoms with E-state index in [1.165, 1.54) is 12.1 Å². The molecule has 0 saturated heterocycles. The minimum atomic E-state index is -0.308. The highest BCUT2D eigenvalue weighted by Gasteiger charge is 2.07. The Bertz CT molecular complexity index is 467. The van der Waals surface area contributed by atoms with E-state index < -0.39 is 0 Å². The van der Waals surface area contributed by atoms with Crippen molar-refractivity contribution < 1.29 is 4.39 Å². The van der Waals surface area contributed by atoms with Crippen LogP contribution in [0.4, 0.5) is 10.1 Å². The fraction of sp³-hybridized carbons (Fsp3) is 0. The van der Waals surface area contributed by atoms with Crippen molar-refractivity contribution in [2.24, 2.45) is 0 Å². The van der Waals surface area contributed by atoms with Gasteiger partial charge < -0.3 is 5.73 Å². The predicted octanol–water partition coefficient (Wildman–Crippen LogP) is 3.90. The van der Waals surface area contributed by atoms with E-state index in [-0.39, 0.29) is 5.82 Å². The molecular formula is C10H7BrFNS. The number of nitrogen functional groups attached to an aromatic ring is 1. The molecule has 0 unspecified atom stereocenters. The standard InChI is InChI=1S/C10H7BrFNS/c11-9-5-14-4-8(9)7-2-1-6(12)3-10(7)13/h1-5H,13H2. The second-order valence-electron chi connectivity index (χ2n) is 2.86. The van der Waals surface area contributed by atoms with Crippen LogP contribution < -0.4 is 5.73 Å². The van der Waals surface area contributed by atoms with E-state index in [2.05, 4.69) is 15.9 Å². The number of halogens is 2. The zero-order chi connectivity index (χ0) is 10.1. The molecule has 0 amide bonds. The Balaban J connectivity index is 2.58. The van der Waals surface area contributed by atoms with Gasteiger partial charge >= 0.3 is 0 Å². The second-order valence-corrected chi connectivity index (χ2v) is 4.46. The summed E-state index contributed by atoms with van der Waals surface area (Å²) < 4.78 is 13.8. The highest BCUT2D eigenvalue weighted by atomic mass is 79.9. The summed E-state index contributed by atoms with van der Waals surface area (Å²) in [5, 5.41) is 3.95. The Morgan fingerprint density at radius 1 is 1.21 bits per heavy atom. The summed E-state index contributed by atoms with van der Waals surface area (Å²) in [5.74, 6) is -0.308. The molecule has 0 saturated carbocycles. The van der Waals surface area contributed by atoms with Gasteiger partial charge in [0.2, 0.25) is 0 Å². The summed E-state index contributed by atoms with van der Waals surface area (Å²) in [6.45, 7) is 0. The van der Waals surface area contributed by atoms with Crippen LogP contribution in [0.3, 0.4) is 0 Å². The molecule has 0 atom stereocenters.